The van der Waals surface area contributed by atoms with Crippen molar-refractivity contribution in [3.63, 3.8) is 0 Å². The SMILES string of the molecule is COc1cc(/C=C(\C#N)C(=O)NCCCCNC(=O)/C(C#N)=C/c2cc(O)c(O)c(OC)c2)cc(O)c1O. The summed E-state index contributed by atoms with van der Waals surface area (Å²) in [6, 6.07) is 8.61. The molecule has 0 aliphatic carbocycles. The molecule has 0 saturated heterocycles. The molecule has 0 bridgehead atoms. The molecule has 0 saturated carbocycles. The molecule has 12 heteroatoms. The first-order valence-corrected chi connectivity index (χ1v) is 11.1. The summed E-state index contributed by atoms with van der Waals surface area (Å²) in [4.78, 5) is 24.6. The number of unbranched alkanes of at least 4 members (excludes halogenated alkanes) is 1. The molecule has 0 atom stereocenters. The number of nitriles is 2. The van der Waals surface area contributed by atoms with E-state index in [1.165, 1.54) is 50.6 Å². The largest absolute Gasteiger partial charge is 0.504 e. The van der Waals surface area contributed by atoms with E-state index in [4.69, 9.17) is 9.47 Å². The van der Waals surface area contributed by atoms with Gasteiger partial charge in [0, 0.05) is 13.1 Å². The van der Waals surface area contributed by atoms with Gasteiger partial charge in [0.2, 0.25) is 11.5 Å². The Labute approximate surface area is 218 Å². The smallest absolute Gasteiger partial charge is 0.261 e. The highest BCUT2D eigenvalue weighted by Gasteiger charge is 2.14. The highest BCUT2D eigenvalue weighted by atomic mass is 16.5. The second-order valence-electron chi connectivity index (χ2n) is 7.74. The number of methoxy groups -OCH3 is 2. The van der Waals surface area contributed by atoms with Crippen molar-refractivity contribution in [2.45, 2.75) is 12.8 Å². The van der Waals surface area contributed by atoms with Crippen LogP contribution in [0.5, 0.6) is 34.5 Å². The van der Waals surface area contributed by atoms with Crippen molar-refractivity contribution in [2.75, 3.05) is 27.3 Å². The number of aromatic hydroxyl groups is 4. The molecular formula is C26H26N4O8. The summed E-state index contributed by atoms with van der Waals surface area (Å²) in [5.41, 5.74) is 0.0834. The summed E-state index contributed by atoms with van der Waals surface area (Å²) in [6.07, 6.45) is 3.37. The fraction of sp³-hybridized carbons (Fsp3) is 0.231. The van der Waals surface area contributed by atoms with Crippen molar-refractivity contribution in [3.8, 4) is 46.6 Å². The average molecular weight is 523 g/mol. The van der Waals surface area contributed by atoms with Gasteiger partial charge in [0.1, 0.15) is 23.3 Å². The number of rotatable bonds is 11. The molecule has 0 heterocycles. The number of amides is 2. The number of benzene rings is 2. The number of hydrogen-bond acceptors (Lipinski definition) is 10. The minimum atomic E-state index is -0.648. The Balaban J connectivity index is 1.87. The predicted octanol–water partition coefficient (Wildman–Crippen LogP) is 2.05. The van der Waals surface area contributed by atoms with E-state index < -0.39 is 34.8 Å². The lowest BCUT2D eigenvalue weighted by Gasteiger charge is -2.08. The van der Waals surface area contributed by atoms with E-state index >= 15 is 0 Å². The van der Waals surface area contributed by atoms with Crippen molar-refractivity contribution >= 4 is 24.0 Å². The third-order valence-corrected chi connectivity index (χ3v) is 5.12. The van der Waals surface area contributed by atoms with Gasteiger partial charge in [-0.25, -0.2) is 0 Å². The quantitative estimate of drug-likeness (QED) is 0.110. The standard InChI is InChI=1S/C26H26N4O8/c1-37-21-11-15(9-19(31)23(21)33)7-17(13-27)25(35)29-5-3-4-6-30-26(36)18(14-28)8-16-10-20(32)24(34)22(12-16)38-2/h7-12,31-34H,3-6H2,1-2H3,(H,29,35)(H,30,36)/b17-7+,18-8+. The van der Waals surface area contributed by atoms with Gasteiger partial charge in [0.15, 0.2) is 23.0 Å². The van der Waals surface area contributed by atoms with Crippen LogP contribution < -0.4 is 20.1 Å². The van der Waals surface area contributed by atoms with Crippen molar-refractivity contribution in [2.24, 2.45) is 0 Å². The Hall–Kier alpha value is -5.36. The maximum atomic E-state index is 12.3. The van der Waals surface area contributed by atoms with Crippen LogP contribution in [0.15, 0.2) is 35.4 Å². The van der Waals surface area contributed by atoms with Gasteiger partial charge in [-0.3, -0.25) is 9.59 Å². The predicted molar refractivity (Wildman–Crippen MR) is 135 cm³/mol. The number of ether oxygens (including phenoxy) is 2. The Morgan fingerprint density at radius 3 is 1.45 bits per heavy atom. The van der Waals surface area contributed by atoms with Gasteiger partial charge < -0.3 is 40.5 Å². The molecule has 0 aliphatic rings. The molecular weight excluding hydrogens is 496 g/mol. The number of carbonyl (C=O) groups is 2. The Morgan fingerprint density at radius 1 is 0.763 bits per heavy atom. The molecule has 38 heavy (non-hydrogen) atoms. The molecule has 0 aromatic heterocycles. The first kappa shape index (κ1) is 28.9. The molecule has 0 radical (unpaired) electrons. The van der Waals surface area contributed by atoms with E-state index in [1.807, 2.05) is 0 Å². The maximum Gasteiger partial charge on any atom is 0.261 e. The molecule has 198 valence electrons. The first-order chi connectivity index (χ1) is 18.1. The van der Waals surface area contributed by atoms with E-state index in [0.717, 1.165) is 0 Å². The van der Waals surface area contributed by atoms with E-state index in [0.29, 0.717) is 12.8 Å². The maximum absolute atomic E-state index is 12.3. The van der Waals surface area contributed by atoms with Gasteiger partial charge >= 0.3 is 0 Å². The first-order valence-electron chi connectivity index (χ1n) is 11.1. The van der Waals surface area contributed by atoms with Crippen LogP contribution in [0.2, 0.25) is 0 Å². The molecule has 2 aromatic rings. The van der Waals surface area contributed by atoms with Crippen molar-refractivity contribution in [3.05, 3.63) is 46.5 Å². The van der Waals surface area contributed by atoms with Gasteiger partial charge in [0.25, 0.3) is 11.8 Å². The Morgan fingerprint density at radius 2 is 1.13 bits per heavy atom. The lowest BCUT2D eigenvalue weighted by molar-refractivity contribution is -0.118. The van der Waals surface area contributed by atoms with E-state index in [-0.39, 0.29) is 46.9 Å². The molecule has 2 rings (SSSR count). The zero-order chi connectivity index (χ0) is 28.2. The third-order valence-electron chi connectivity index (χ3n) is 5.12. The van der Waals surface area contributed by atoms with Crippen molar-refractivity contribution in [1.29, 1.82) is 10.5 Å². The van der Waals surface area contributed by atoms with Crippen LogP contribution >= 0.6 is 0 Å². The van der Waals surface area contributed by atoms with Crippen LogP contribution in [0.4, 0.5) is 0 Å². The topological polar surface area (TPSA) is 205 Å². The number of carbonyl (C=O) groups excluding carboxylic acids is 2. The molecule has 0 spiro atoms. The number of hydrogen-bond donors (Lipinski definition) is 6. The molecule has 2 aromatic carbocycles. The summed E-state index contributed by atoms with van der Waals surface area (Å²) in [5, 5.41) is 62.7. The zero-order valence-corrected chi connectivity index (χ0v) is 20.6. The van der Waals surface area contributed by atoms with E-state index in [9.17, 15) is 40.5 Å². The number of nitrogens with one attached hydrogen (secondary N) is 2. The van der Waals surface area contributed by atoms with Gasteiger partial charge in [0.05, 0.1) is 14.2 Å². The monoisotopic (exact) mass is 522 g/mol. The van der Waals surface area contributed by atoms with E-state index in [1.54, 1.807) is 12.1 Å². The fourth-order valence-electron chi connectivity index (χ4n) is 3.18. The molecule has 0 fully saturated rings. The third kappa shape index (κ3) is 7.57. The highest BCUT2D eigenvalue weighted by molar-refractivity contribution is 6.02. The van der Waals surface area contributed by atoms with Crippen LogP contribution in [0.1, 0.15) is 24.0 Å². The Kier molecular flexibility index (Phi) is 10.4. The minimum absolute atomic E-state index is 0.0219. The lowest BCUT2D eigenvalue weighted by atomic mass is 10.1. The lowest BCUT2D eigenvalue weighted by Crippen LogP contribution is -2.28. The molecule has 0 aliphatic heterocycles. The van der Waals surface area contributed by atoms with Crippen LogP contribution in [0.25, 0.3) is 12.2 Å². The number of phenolic OH excluding ortho intramolecular Hbond substituents is 4. The molecule has 12 nitrogen and oxygen atoms in total. The zero-order valence-electron chi connectivity index (χ0n) is 20.6. The van der Waals surface area contributed by atoms with Gasteiger partial charge in [-0.2, -0.15) is 10.5 Å². The second-order valence-corrected chi connectivity index (χ2v) is 7.74. The van der Waals surface area contributed by atoms with Crippen molar-refractivity contribution in [1.82, 2.24) is 10.6 Å². The summed E-state index contributed by atoms with van der Waals surface area (Å²) in [7, 11) is 2.58. The molecule has 6 N–H and O–H groups in total. The van der Waals surface area contributed by atoms with Crippen LogP contribution in [0.3, 0.4) is 0 Å². The Bertz CT molecular complexity index is 1250. The number of phenols is 4. The minimum Gasteiger partial charge on any atom is -0.504 e. The fourth-order valence-corrected chi connectivity index (χ4v) is 3.18. The van der Waals surface area contributed by atoms with Crippen LogP contribution in [-0.4, -0.2) is 59.5 Å². The van der Waals surface area contributed by atoms with Gasteiger partial charge in [-0.1, -0.05) is 0 Å². The van der Waals surface area contributed by atoms with Crippen LogP contribution in [-0.2, 0) is 9.59 Å². The highest BCUT2D eigenvalue weighted by Crippen LogP contribution is 2.37. The summed E-state index contributed by atoms with van der Waals surface area (Å²) >= 11 is 0. The summed E-state index contributed by atoms with van der Waals surface area (Å²) in [5.74, 6) is -3.20. The molecule has 0 unspecified atom stereocenters. The van der Waals surface area contributed by atoms with Crippen molar-refractivity contribution < 1.29 is 39.5 Å². The van der Waals surface area contributed by atoms with Crippen LogP contribution in [0, 0.1) is 22.7 Å². The summed E-state index contributed by atoms with van der Waals surface area (Å²) < 4.78 is 9.87. The number of nitrogens with zero attached hydrogens (tertiary/aromatic N) is 2. The second kappa shape index (κ2) is 13.7. The van der Waals surface area contributed by atoms with Gasteiger partial charge in [-0.15, -0.1) is 0 Å². The van der Waals surface area contributed by atoms with E-state index in [2.05, 4.69) is 10.6 Å². The average Bonchev–Trinajstić information content (AvgIpc) is 2.90. The normalized spacial score (nSPS) is 11.2. The van der Waals surface area contributed by atoms with Gasteiger partial charge in [-0.05, 0) is 60.4 Å². The molecule has 2 amide bonds. The summed E-state index contributed by atoms with van der Waals surface area (Å²) in [6.45, 7) is 0.400.